The van der Waals surface area contributed by atoms with Gasteiger partial charge in [0.15, 0.2) is 0 Å². The lowest BCUT2D eigenvalue weighted by Gasteiger charge is -2.40. The first-order valence-corrected chi connectivity index (χ1v) is 8.47. The van der Waals surface area contributed by atoms with Gasteiger partial charge in [0.2, 0.25) is 0 Å². The van der Waals surface area contributed by atoms with E-state index in [-0.39, 0.29) is 12.8 Å². The van der Waals surface area contributed by atoms with Crippen LogP contribution >= 0.6 is 23.2 Å². The van der Waals surface area contributed by atoms with Gasteiger partial charge in [0, 0.05) is 23.0 Å². The van der Waals surface area contributed by atoms with Crippen molar-refractivity contribution >= 4 is 35.3 Å². The maximum Gasteiger partial charge on any atom is 0.411 e. The molecule has 7 heteroatoms. The molecule has 0 aromatic heterocycles. The van der Waals surface area contributed by atoms with E-state index in [1.165, 1.54) is 4.90 Å². The summed E-state index contributed by atoms with van der Waals surface area (Å²) in [5.74, 6) is -1.31. The number of hydrogen-bond acceptors (Lipinski definition) is 4. The molecule has 0 radical (unpaired) electrons. The number of carbonyl (C=O) groups excluding carboxylic acids is 2. The number of benzene rings is 1. The number of halogens is 2. The van der Waals surface area contributed by atoms with Gasteiger partial charge in [0.1, 0.15) is 5.60 Å². The Hall–Kier alpha value is -1.46. The van der Waals surface area contributed by atoms with E-state index in [1.807, 2.05) is 0 Å². The smallest absolute Gasteiger partial charge is 0.411 e. The van der Waals surface area contributed by atoms with Gasteiger partial charge in [-0.2, -0.15) is 0 Å². The fraction of sp³-hybridized carbons (Fsp3) is 0.529. The van der Waals surface area contributed by atoms with E-state index in [9.17, 15) is 14.7 Å². The van der Waals surface area contributed by atoms with Gasteiger partial charge in [-0.05, 0) is 51.3 Å². The normalized spacial score (nSPS) is 21.0. The number of amides is 1. The fourth-order valence-corrected chi connectivity index (χ4v) is 3.39. The lowest BCUT2D eigenvalue weighted by atomic mass is 9.88. The summed E-state index contributed by atoms with van der Waals surface area (Å²) in [7, 11) is 0. The van der Waals surface area contributed by atoms with Gasteiger partial charge in [0.25, 0.3) is 0 Å². The molecule has 0 aliphatic carbocycles. The van der Waals surface area contributed by atoms with Gasteiger partial charge in [0.05, 0.1) is 11.5 Å². The average molecular weight is 373 g/mol. The first-order chi connectivity index (χ1) is 11.0. The number of carbonyl (C=O) groups is 2. The molecule has 0 saturated carbocycles. The molecule has 1 aromatic rings. The third kappa shape index (κ3) is 3.95. The van der Waals surface area contributed by atoms with Crippen LogP contribution in [0, 0.1) is 0 Å². The van der Waals surface area contributed by atoms with Crippen molar-refractivity contribution in [3.63, 3.8) is 0 Å². The van der Waals surface area contributed by atoms with Crippen molar-refractivity contribution in [1.29, 1.82) is 0 Å². The molecule has 1 aliphatic rings. The van der Waals surface area contributed by atoms with E-state index in [4.69, 9.17) is 27.9 Å². The lowest BCUT2D eigenvalue weighted by molar-refractivity contribution is -0.317. The Bertz CT molecular complexity index is 656. The summed E-state index contributed by atoms with van der Waals surface area (Å²) in [5, 5.41) is 12.8. The SMILES string of the molecule is CC(C)(C)OC(=O)N1CCC[C@@]1(Cc1ccc(Cl)cc1Cl)C(=O)[O-]. The van der Waals surface area contributed by atoms with Crippen LogP contribution in [-0.2, 0) is 16.0 Å². The van der Waals surface area contributed by atoms with Crippen LogP contribution in [0.1, 0.15) is 39.2 Å². The molecule has 1 amide bonds. The predicted octanol–water partition coefficient (Wildman–Crippen LogP) is 3.06. The quantitative estimate of drug-likeness (QED) is 0.817. The highest BCUT2D eigenvalue weighted by Gasteiger charge is 2.46. The number of rotatable bonds is 3. The van der Waals surface area contributed by atoms with Gasteiger partial charge >= 0.3 is 6.09 Å². The predicted molar refractivity (Wildman–Crippen MR) is 90.1 cm³/mol. The zero-order valence-corrected chi connectivity index (χ0v) is 15.4. The molecule has 0 spiro atoms. The molecule has 132 valence electrons. The molecule has 5 nitrogen and oxygen atoms in total. The molecule has 1 atom stereocenters. The molecular weight excluding hydrogens is 353 g/mol. The number of carboxylic acid groups (broad SMARTS) is 1. The number of aliphatic carboxylic acids is 1. The van der Waals surface area contributed by atoms with Crippen LogP contribution in [0.3, 0.4) is 0 Å². The van der Waals surface area contributed by atoms with E-state index in [2.05, 4.69) is 0 Å². The number of likely N-dealkylation sites (tertiary alicyclic amines) is 1. The van der Waals surface area contributed by atoms with Gasteiger partial charge in [-0.3, -0.25) is 4.90 Å². The maximum absolute atomic E-state index is 12.5. The van der Waals surface area contributed by atoms with Crippen LogP contribution in [0.15, 0.2) is 18.2 Å². The minimum Gasteiger partial charge on any atom is -0.548 e. The summed E-state index contributed by atoms with van der Waals surface area (Å²) in [6.45, 7) is 5.50. The highest BCUT2D eigenvalue weighted by molar-refractivity contribution is 6.35. The molecule has 24 heavy (non-hydrogen) atoms. The third-order valence-corrected chi connectivity index (χ3v) is 4.57. The molecule has 1 aliphatic heterocycles. The van der Waals surface area contributed by atoms with Crippen molar-refractivity contribution in [2.24, 2.45) is 0 Å². The molecule has 0 N–H and O–H groups in total. The summed E-state index contributed by atoms with van der Waals surface area (Å²) >= 11 is 12.1. The standard InChI is InChI=1S/C17H21Cl2NO4/c1-16(2,3)24-15(23)20-8-4-7-17(20,14(21)22)10-11-5-6-12(18)9-13(11)19/h5-6,9H,4,7-8,10H2,1-3H3,(H,21,22)/p-1/t17-/m1/s1. The summed E-state index contributed by atoms with van der Waals surface area (Å²) in [6, 6.07) is 4.85. The average Bonchev–Trinajstić information content (AvgIpc) is 2.85. The van der Waals surface area contributed by atoms with Gasteiger partial charge in [-0.15, -0.1) is 0 Å². The number of nitrogens with zero attached hydrogens (tertiary/aromatic N) is 1. The fourth-order valence-electron chi connectivity index (χ4n) is 2.91. The second-order valence-corrected chi connectivity index (χ2v) is 7.81. The Morgan fingerprint density at radius 1 is 1.33 bits per heavy atom. The minimum absolute atomic E-state index is 0.0462. The monoisotopic (exact) mass is 372 g/mol. The van der Waals surface area contributed by atoms with Crippen LogP contribution < -0.4 is 5.11 Å². The maximum atomic E-state index is 12.5. The highest BCUT2D eigenvalue weighted by Crippen LogP contribution is 2.36. The van der Waals surface area contributed by atoms with Crippen LogP contribution in [0.5, 0.6) is 0 Å². The van der Waals surface area contributed by atoms with Crippen LogP contribution in [0.4, 0.5) is 4.79 Å². The third-order valence-electron chi connectivity index (χ3n) is 3.98. The highest BCUT2D eigenvalue weighted by atomic mass is 35.5. The Balaban J connectivity index is 2.35. The van der Waals surface area contributed by atoms with Crippen molar-refractivity contribution in [3.05, 3.63) is 33.8 Å². The largest absolute Gasteiger partial charge is 0.548 e. The lowest BCUT2D eigenvalue weighted by Crippen LogP contribution is -2.60. The molecule has 0 unspecified atom stereocenters. The van der Waals surface area contributed by atoms with E-state index in [1.54, 1.807) is 39.0 Å². The number of hydrogen-bond donors (Lipinski definition) is 0. The molecule has 2 rings (SSSR count). The molecule has 1 saturated heterocycles. The van der Waals surface area contributed by atoms with Crippen molar-refractivity contribution in [1.82, 2.24) is 4.90 Å². The molecule has 1 fully saturated rings. The van der Waals surface area contributed by atoms with E-state index < -0.39 is 23.2 Å². The second kappa shape index (κ2) is 6.81. The number of carboxylic acids is 1. The first-order valence-electron chi connectivity index (χ1n) is 7.71. The van der Waals surface area contributed by atoms with Crippen LogP contribution in [-0.4, -0.2) is 34.6 Å². The van der Waals surface area contributed by atoms with E-state index in [0.29, 0.717) is 28.6 Å². The molecule has 0 bridgehead atoms. The zero-order chi connectivity index (χ0) is 18.1. The van der Waals surface area contributed by atoms with E-state index in [0.717, 1.165) is 0 Å². The van der Waals surface area contributed by atoms with Gasteiger partial charge in [-0.25, -0.2) is 4.79 Å². The van der Waals surface area contributed by atoms with Crippen molar-refractivity contribution in [2.75, 3.05) is 6.54 Å². The Morgan fingerprint density at radius 3 is 2.54 bits per heavy atom. The Kier molecular flexibility index (Phi) is 5.35. The Morgan fingerprint density at radius 2 is 2.00 bits per heavy atom. The van der Waals surface area contributed by atoms with Crippen molar-refractivity contribution < 1.29 is 19.4 Å². The molecule has 1 aromatic carbocycles. The van der Waals surface area contributed by atoms with Crippen LogP contribution in [0.25, 0.3) is 0 Å². The van der Waals surface area contributed by atoms with Crippen molar-refractivity contribution in [3.8, 4) is 0 Å². The first kappa shape index (κ1) is 18.9. The van der Waals surface area contributed by atoms with Crippen LogP contribution in [0.2, 0.25) is 10.0 Å². The second-order valence-electron chi connectivity index (χ2n) is 6.97. The zero-order valence-electron chi connectivity index (χ0n) is 13.9. The summed E-state index contributed by atoms with van der Waals surface area (Å²) in [6.07, 6.45) is 0.227. The van der Waals surface area contributed by atoms with Crippen molar-refractivity contribution in [2.45, 2.75) is 51.2 Å². The Labute approximate surface area is 151 Å². The molecule has 1 heterocycles. The van der Waals surface area contributed by atoms with Gasteiger partial charge in [-0.1, -0.05) is 29.3 Å². The van der Waals surface area contributed by atoms with Gasteiger partial charge < -0.3 is 14.6 Å². The molecular formula is C17H20Cl2NO4-. The number of ether oxygens (including phenoxy) is 1. The van der Waals surface area contributed by atoms with E-state index >= 15 is 0 Å². The topological polar surface area (TPSA) is 69.7 Å². The summed E-state index contributed by atoms with van der Waals surface area (Å²) < 4.78 is 5.36. The summed E-state index contributed by atoms with van der Waals surface area (Å²) in [4.78, 5) is 25.7. The summed E-state index contributed by atoms with van der Waals surface area (Å²) in [5.41, 5.74) is -1.59. The minimum atomic E-state index is -1.47.